The minimum Gasteiger partial charge on any atom is -0.479 e. The number of amides is 2. The molecule has 2 atom stereocenters. The predicted molar refractivity (Wildman–Crippen MR) is 72.0 cm³/mol. The second-order valence-electron chi connectivity index (χ2n) is 4.78. The van der Waals surface area contributed by atoms with Crippen LogP contribution in [0.5, 0.6) is 0 Å². The van der Waals surface area contributed by atoms with Crippen molar-refractivity contribution >= 4 is 17.8 Å². The molecule has 1 saturated heterocycles. The highest BCUT2D eigenvalue weighted by atomic mass is 16.7. The quantitative estimate of drug-likeness (QED) is 0.717. The van der Waals surface area contributed by atoms with Gasteiger partial charge in [0.05, 0.1) is 12.5 Å². The SMILES string of the molecule is C[C@H]1[C@H](NC(=O)Cc2ccccc2)C(=O)N1OCC(=O)O. The molecule has 2 N–H and O–H groups in total. The molecule has 0 saturated carbocycles. The number of β-lactam (4-membered cyclic amide) rings is 1. The molecule has 0 spiro atoms. The molecule has 1 heterocycles. The van der Waals surface area contributed by atoms with Crippen LogP contribution in [-0.2, 0) is 25.6 Å². The number of hydrogen-bond acceptors (Lipinski definition) is 4. The molecular weight excluding hydrogens is 276 g/mol. The zero-order valence-electron chi connectivity index (χ0n) is 11.5. The van der Waals surface area contributed by atoms with E-state index in [-0.39, 0.29) is 12.3 Å². The van der Waals surface area contributed by atoms with Crippen LogP contribution in [0.2, 0.25) is 0 Å². The minimum absolute atomic E-state index is 0.188. The van der Waals surface area contributed by atoms with Crippen molar-refractivity contribution in [1.82, 2.24) is 10.4 Å². The number of benzene rings is 1. The van der Waals surface area contributed by atoms with Crippen LogP contribution in [0, 0.1) is 0 Å². The van der Waals surface area contributed by atoms with E-state index in [4.69, 9.17) is 9.94 Å². The average molecular weight is 292 g/mol. The molecule has 1 aromatic rings. The molecule has 2 rings (SSSR count). The summed E-state index contributed by atoms with van der Waals surface area (Å²) in [6.07, 6.45) is 0.188. The first-order chi connectivity index (χ1) is 9.99. The van der Waals surface area contributed by atoms with E-state index in [1.165, 1.54) is 0 Å². The van der Waals surface area contributed by atoms with Crippen LogP contribution < -0.4 is 5.32 Å². The van der Waals surface area contributed by atoms with E-state index >= 15 is 0 Å². The maximum atomic E-state index is 11.9. The van der Waals surface area contributed by atoms with Crippen molar-refractivity contribution in [1.29, 1.82) is 0 Å². The van der Waals surface area contributed by atoms with E-state index in [0.29, 0.717) is 0 Å². The third kappa shape index (κ3) is 3.57. The van der Waals surface area contributed by atoms with Crippen molar-refractivity contribution < 1.29 is 24.3 Å². The maximum Gasteiger partial charge on any atom is 0.332 e. The molecule has 7 nitrogen and oxygen atoms in total. The first kappa shape index (κ1) is 15.0. The number of rotatable bonds is 6. The third-order valence-electron chi connectivity index (χ3n) is 3.19. The molecule has 2 amide bonds. The van der Waals surface area contributed by atoms with Crippen LogP contribution >= 0.6 is 0 Å². The Balaban J connectivity index is 1.83. The van der Waals surface area contributed by atoms with Gasteiger partial charge in [-0.15, -0.1) is 0 Å². The van der Waals surface area contributed by atoms with E-state index in [1.807, 2.05) is 30.3 Å². The smallest absolute Gasteiger partial charge is 0.332 e. The van der Waals surface area contributed by atoms with Gasteiger partial charge in [0, 0.05) is 0 Å². The summed E-state index contributed by atoms with van der Waals surface area (Å²) < 4.78 is 0. The Morgan fingerprint density at radius 1 is 1.33 bits per heavy atom. The summed E-state index contributed by atoms with van der Waals surface area (Å²) in [5.74, 6) is -1.86. The molecule has 1 aromatic carbocycles. The molecule has 112 valence electrons. The van der Waals surface area contributed by atoms with Gasteiger partial charge in [-0.1, -0.05) is 30.3 Å². The van der Waals surface area contributed by atoms with Gasteiger partial charge < -0.3 is 10.4 Å². The molecule has 21 heavy (non-hydrogen) atoms. The number of aliphatic carboxylic acids is 1. The van der Waals surface area contributed by atoms with Gasteiger partial charge in [-0.05, 0) is 12.5 Å². The van der Waals surface area contributed by atoms with E-state index in [9.17, 15) is 14.4 Å². The first-order valence-electron chi connectivity index (χ1n) is 6.50. The van der Waals surface area contributed by atoms with Gasteiger partial charge >= 0.3 is 5.97 Å². The fourth-order valence-corrected chi connectivity index (χ4v) is 2.09. The van der Waals surface area contributed by atoms with Gasteiger partial charge in [0.2, 0.25) is 5.91 Å². The number of carbonyl (C=O) groups is 3. The summed E-state index contributed by atoms with van der Waals surface area (Å²) in [5, 5.41) is 12.1. The zero-order chi connectivity index (χ0) is 15.4. The highest BCUT2D eigenvalue weighted by Gasteiger charge is 2.46. The molecule has 0 bridgehead atoms. The Morgan fingerprint density at radius 2 is 2.00 bits per heavy atom. The summed E-state index contributed by atoms with van der Waals surface area (Å²) in [6.45, 7) is 1.09. The lowest BCUT2D eigenvalue weighted by Gasteiger charge is -2.43. The van der Waals surface area contributed by atoms with Crippen molar-refractivity contribution in [3.8, 4) is 0 Å². The standard InChI is InChI=1S/C14H16N2O5/c1-9-13(14(20)16(9)21-8-12(18)19)15-11(17)7-10-5-3-2-4-6-10/h2-6,9,13H,7-8H2,1H3,(H,15,17)(H,18,19)/t9-,13-/m0/s1. The van der Waals surface area contributed by atoms with Crippen LogP contribution in [0.25, 0.3) is 0 Å². The summed E-state index contributed by atoms with van der Waals surface area (Å²) >= 11 is 0. The van der Waals surface area contributed by atoms with E-state index in [2.05, 4.69) is 5.32 Å². The number of nitrogens with zero attached hydrogens (tertiary/aromatic N) is 1. The molecule has 7 heteroatoms. The third-order valence-corrected chi connectivity index (χ3v) is 3.19. The molecule has 1 aliphatic rings. The van der Waals surface area contributed by atoms with Gasteiger partial charge in [0.25, 0.3) is 5.91 Å². The van der Waals surface area contributed by atoms with Crippen molar-refractivity contribution in [2.75, 3.05) is 6.61 Å². The normalized spacial score (nSPS) is 20.8. The van der Waals surface area contributed by atoms with E-state index in [1.54, 1.807) is 6.92 Å². The van der Waals surface area contributed by atoms with Crippen LogP contribution in [0.15, 0.2) is 30.3 Å². The molecule has 1 fully saturated rings. The van der Waals surface area contributed by atoms with Crippen molar-refractivity contribution in [2.45, 2.75) is 25.4 Å². The van der Waals surface area contributed by atoms with E-state index in [0.717, 1.165) is 10.6 Å². The first-order valence-corrected chi connectivity index (χ1v) is 6.50. The largest absolute Gasteiger partial charge is 0.479 e. The van der Waals surface area contributed by atoms with Gasteiger partial charge in [-0.3, -0.25) is 14.4 Å². The molecule has 0 aliphatic carbocycles. The number of carboxylic acids is 1. The van der Waals surface area contributed by atoms with Crippen LogP contribution in [0.4, 0.5) is 0 Å². The fraction of sp³-hybridized carbons (Fsp3) is 0.357. The Kier molecular flexibility index (Phi) is 4.54. The lowest BCUT2D eigenvalue weighted by atomic mass is 9.99. The van der Waals surface area contributed by atoms with Crippen molar-refractivity contribution in [3.63, 3.8) is 0 Å². The summed E-state index contributed by atoms with van der Waals surface area (Å²) in [4.78, 5) is 38.8. The lowest BCUT2D eigenvalue weighted by molar-refractivity contribution is -0.233. The van der Waals surface area contributed by atoms with Crippen molar-refractivity contribution in [2.24, 2.45) is 0 Å². The minimum atomic E-state index is -1.16. The van der Waals surface area contributed by atoms with Crippen LogP contribution in [-0.4, -0.2) is 46.6 Å². The Hall–Kier alpha value is -2.41. The summed E-state index contributed by atoms with van der Waals surface area (Å²) in [5.41, 5.74) is 0.855. The lowest BCUT2D eigenvalue weighted by Crippen LogP contribution is -2.69. The molecule has 0 aromatic heterocycles. The fourth-order valence-electron chi connectivity index (χ4n) is 2.09. The van der Waals surface area contributed by atoms with Gasteiger partial charge in [-0.2, -0.15) is 0 Å². The zero-order valence-corrected chi connectivity index (χ0v) is 11.5. The Labute approximate surface area is 121 Å². The second-order valence-corrected chi connectivity index (χ2v) is 4.78. The van der Waals surface area contributed by atoms with Gasteiger partial charge in [0.1, 0.15) is 6.04 Å². The summed E-state index contributed by atoms with van der Waals surface area (Å²) in [7, 11) is 0. The maximum absolute atomic E-state index is 11.9. The summed E-state index contributed by atoms with van der Waals surface area (Å²) in [6, 6.07) is 8.12. The second kappa shape index (κ2) is 6.36. The topological polar surface area (TPSA) is 95.9 Å². The number of hydroxylamine groups is 2. The number of carboxylic acid groups (broad SMARTS) is 1. The number of carbonyl (C=O) groups excluding carboxylic acids is 2. The van der Waals surface area contributed by atoms with Gasteiger partial charge in [0.15, 0.2) is 6.61 Å². The number of nitrogens with one attached hydrogen (secondary N) is 1. The van der Waals surface area contributed by atoms with Gasteiger partial charge in [-0.25, -0.2) is 9.86 Å². The monoisotopic (exact) mass is 292 g/mol. The number of hydrogen-bond donors (Lipinski definition) is 2. The highest BCUT2D eigenvalue weighted by Crippen LogP contribution is 2.20. The Morgan fingerprint density at radius 3 is 2.57 bits per heavy atom. The molecule has 0 radical (unpaired) electrons. The van der Waals surface area contributed by atoms with Crippen molar-refractivity contribution in [3.05, 3.63) is 35.9 Å². The average Bonchev–Trinajstić information content (AvgIpc) is 2.45. The highest BCUT2D eigenvalue weighted by molar-refractivity contribution is 5.93. The Bertz CT molecular complexity index is 546. The van der Waals surface area contributed by atoms with E-state index < -0.39 is 30.6 Å². The van der Waals surface area contributed by atoms with Crippen LogP contribution in [0.3, 0.4) is 0 Å². The molecule has 1 aliphatic heterocycles. The molecular formula is C14H16N2O5. The van der Waals surface area contributed by atoms with Crippen LogP contribution in [0.1, 0.15) is 12.5 Å². The molecule has 0 unspecified atom stereocenters. The predicted octanol–water partition coefficient (Wildman–Crippen LogP) is -0.0392.